The topological polar surface area (TPSA) is 212 Å². The summed E-state index contributed by atoms with van der Waals surface area (Å²) in [4.78, 5) is 71.6. The van der Waals surface area contributed by atoms with Gasteiger partial charge in [-0.1, -0.05) is 5.16 Å². The molecule has 1 aromatic heterocycles. The number of amides is 3. The van der Waals surface area contributed by atoms with Gasteiger partial charge >= 0.3 is 18.0 Å². The van der Waals surface area contributed by atoms with Gasteiger partial charge in [0.05, 0.1) is 6.54 Å². The number of aromatic nitrogens is 1. The molecule has 1 saturated heterocycles. The molecule has 0 aliphatic carbocycles. The fourth-order valence-electron chi connectivity index (χ4n) is 3.51. The number of carboxylic acid groups (broad SMARTS) is 1. The highest BCUT2D eigenvalue weighted by Crippen LogP contribution is 2.40. The number of carbonyl (C=O) groups excluding carboxylic acids is 4. The number of alkyl carbamates (subject to hydrolysis) is 1. The third-order valence-corrected chi connectivity index (χ3v) is 7.24. The Labute approximate surface area is 237 Å². The molecule has 15 nitrogen and oxygen atoms in total. The average molecular weight is 599 g/mol. The molecule has 1 aromatic rings. The molecule has 0 unspecified atom stereocenters. The maximum atomic E-state index is 13.2. The smallest absolute Gasteiger partial charge is 0.407 e. The van der Waals surface area contributed by atoms with Crippen molar-refractivity contribution < 1.29 is 43.4 Å². The quantitative estimate of drug-likeness (QED) is 0.127. The number of nitrogens with one attached hydrogen (secondary N) is 2. The minimum atomic E-state index is -1.35. The number of fused-ring (bicyclic) bond motifs is 1. The van der Waals surface area contributed by atoms with Crippen molar-refractivity contribution in [2.75, 3.05) is 24.6 Å². The summed E-state index contributed by atoms with van der Waals surface area (Å²) in [6.07, 6.45) is -1.33. The molecule has 1 fully saturated rings. The monoisotopic (exact) mass is 598 g/mol. The standard InChI is InChI=1S/C23H30N6O9S2/c1-10(6-25-22(35)37-23(3,4)5)38-28-14(13-9-40-21(24)26-13)17(31)27-15-18(32)29-16(20(33)34)12(7-36-11(2)30)8-39-19(15)29/h9-10,15,19H,6-8H2,1-5H3,(H2,24,26)(H,25,35)(H,27,31)(H,33,34)/t10-,15+,19+/m0/s1. The van der Waals surface area contributed by atoms with E-state index in [0.717, 1.165) is 16.2 Å². The van der Waals surface area contributed by atoms with E-state index in [1.54, 1.807) is 27.7 Å². The van der Waals surface area contributed by atoms with Crippen LogP contribution in [0.4, 0.5) is 9.93 Å². The number of anilines is 1. The number of aliphatic carboxylic acids is 1. The SMILES string of the molecule is CC(=O)OCC1=C(C(=O)O)N2C(=O)[C@@H](NC(=O)C(=NO[C@@H](C)CNC(=O)OC(C)(C)C)c3csc(N)n3)[C@H]2SC1. The van der Waals surface area contributed by atoms with Gasteiger partial charge in [0.2, 0.25) is 0 Å². The number of ether oxygens (including phenoxy) is 2. The van der Waals surface area contributed by atoms with Crippen molar-refractivity contribution in [1.82, 2.24) is 20.5 Å². The van der Waals surface area contributed by atoms with Crippen LogP contribution in [0.1, 0.15) is 40.3 Å². The average Bonchev–Trinajstić information content (AvgIpc) is 3.28. The van der Waals surface area contributed by atoms with Crippen molar-refractivity contribution in [2.45, 2.75) is 57.7 Å². The van der Waals surface area contributed by atoms with Gasteiger partial charge in [0.25, 0.3) is 11.8 Å². The number of nitrogen functional groups attached to an aromatic ring is 1. The van der Waals surface area contributed by atoms with Gasteiger partial charge in [0, 0.05) is 23.6 Å². The van der Waals surface area contributed by atoms with Gasteiger partial charge in [-0.2, -0.15) is 0 Å². The Balaban J connectivity index is 1.71. The molecule has 3 heterocycles. The Morgan fingerprint density at radius 1 is 1.32 bits per heavy atom. The molecule has 40 heavy (non-hydrogen) atoms. The van der Waals surface area contributed by atoms with Crippen LogP contribution in [-0.2, 0) is 33.5 Å². The summed E-state index contributed by atoms with van der Waals surface area (Å²) in [5, 5.41) is 19.7. The molecule has 17 heteroatoms. The number of nitrogens with zero attached hydrogens (tertiary/aromatic N) is 3. The summed E-state index contributed by atoms with van der Waals surface area (Å²) in [6.45, 7) is 7.71. The summed E-state index contributed by atoms with van der Waals surface area (Å²) in [5.41, 5.74) is 4.85. The van der Waals surface area contributed by atoms with Gasteiger partial charge in [-0.25, -0.2) is 14.6 Å². The van der Waals surface area contributed by atoms with Crippen LogP contribution >= 0.6 is 23.1 Å². The van der Waals surface area contributed by atoms with Crippen LogP contribution in [0.3, 0.4) is 0 Å². The first-order valence-corrected chi connectivity index (χ1v) is 13.9. The summed E-state index contributed by atoms with van der Waals surface area (Å²) < 4.78 is 10.1. The zero-order valence-corrected chi connectivity index (χ0v) is 24.0. The van der Waals surface area contributed by atoms with Crippen LogP contribution < -0.4 is 16.4 Å². The molecule has 0 bridgehead atoms. The third-order valence-electron chi connectivity index (χ3n) is 5.22. The second kappa shape index (κ2) is 12.5. The molecule has 0 radical (unpaired) electrons. The molecule has 3 amide bonds. The number of oxime groups is 1. The number of thioether (sulfide) groups is 1. The predicted molar refractivity (Wildman–Crippen MR) is 144 cm³/mol. The van der Waals surface area contributed by atoms with Crippen molar-refractivity contribution in [2.24, 2.45) is 5.16 Å². The van der Waals surface area contributed by atoms with Crippen molar-refractivity contribution in [1.29, 1.82) is 0 Å². The summed E-state index contributed by atoms with van der Waals surface area (Å²) in [7, 11) is 0. The number of esters is 1. The third kappa shape index (κ3) is 7.62. The summed E-state index contributed by atoms with van der Waals surface area (Å²) in [6, 6.07) is -1.06. The number of β-lactam (4-membered cyclic amide) rings is 1. The lowest BCUT2D eigenvalue weighted by Gasteiger charge is -2.49. The number of rotatable bonds is 10. The molecule has 0 spiro atoms. The second-order valence-corrected chi connectivity index (χ2v) is 11.7. The highest BCUT2D eigenvalue weighted by Gasteiger charge is 2.54. The first-order valence-electron chi connectivity index (χ1n) is 11.9. The predicted octanol–water partition coefficient (Wildman–Crippen LogP) is 0.661. The Hall–Kier alpha value is -3.86. The number of nitrogens with two attached hydrogens (primary N) is 1. The Morgan fingerprint density at radius 2 is 2.02 bits per heavy atom. The lowest BCUT2D eigenvalue weighted by atomic mass is 10.0. The van der Waals surface area contributed by atoms with Gasteiger partial charge in [-0.3, -0.25) is 19.3 Å². The first kappa shape index (κ1) is 30.7. The fourth-order valence-corrected chi connectivity index (χ4v) is 5.39. The minimum absolute atomic E-state index is 0.0152. The molecule has 3 atom stereocenters. The molecule has 0 aromatic carbocycles. The largest absolute Gasteiger partial charge is 0.477 e. The fraction of sp³-hybridized carbons (Fsp3) is 0.522. The number of carbonyl (C=O) groups is 5. The molecule has 2 aliphatic rings. The van der Waals surface area contributed by atoms with Gasteiger partial charge in [-0.05, 0) is 27.7 Å². The van der Waals surface area contributed by atoms with Crippen molar-refractivity contribution in [3.63, 3.8) is 0 Å². The molecular weight excluding hydrogens is 568 g/mol. The van der Waals surface area contributed by atoms with E-state index in [1.165, 1.54) is 24.1 Å². The van der Waals surface area contributed by atoms with Gasteiger partial charge in [-0.15, -0.1) is 23.1 Å². The van der Waals surface area contributed by atoms with Crippen LogP contribution in [0.15, 0.2) is 21.8 Å². The van der Waals surface area contributed by atoms with Crippen LogP contribution in [0.5, 0.6) is 0 Å². The van der Waals surface area contributed by atoms with E-state index in [2.05, 4.69) is 20.8 Å². The van der Waals surface area contributed by atoms with Crippen molar-refractivity contribution >= 4 is 63.8 Å². The van der Waals surface area contributed by atoms with E-state index in [9.17, 15) is 29.1 Å². The highest BCUT2D eigenvalue weighted by atomic mass is 32.2. The lowest BCUT2D eigenvalue weighted by Crippen LogP contribution is -2.71. The van der Waals surface area contributed by atoms with Crippen LogP contribution in [0.25, 0.3) is 0 Å². The second-order valence-electron chi connectivity index (χ2n) is 9.71. The van der Waals surface area contributed by atoms with E-state index < -0.39 is 53.0 Å². The van der Waals surface area contributed by atoms with Crippen LogP contribution in [0.2, 0.25) is 0 Å². The van der Waals surface area contributed by atoms with E-state index in [-0.39, 0.29) is 46.7 Å². The maximum absolute atomic E-state index is 13.2. The first-order chi connectivity index (χ1) is 18.7. The Kier molecular flexibility index (Phi) is 9.62. The van der Waals surface area contributed by atoms with E-state index >= 15 is 0 Å². The van der Waals surface area contributed by atoms with E-state index in [1.807, 2.05) is 0 Å². The summed E-state index contributed by atoms with van der Waals surface area (Å²) >= 11 is 2.27. The Morgan fingerprint density at radius 3 is 2.60 bits per heavy atom. The van der Waals surface area contributed by atoms with Gasteiger partial charge in [0.15, 0.2) is 10.8 Å². The molecule has 5 N–H and O–H groups in total. The number of hydrogen-bond acceptors (Lipinski definition) is 13. The van der Waals surface area contributed by atoms with Gasteiger partial charge < -0.3 is 35.8 Å². The highest BCUT2D eigenvalue weighted by molar-refractivity contribution is 8.00. The summed E-state index contributed by atoms with van der Waals surface area (Å²) in [5.74, 6) is -3.23. The number of thiazole rings is 1. The van der Waals surface area contributed by atoms with Gasteiger partial charge in [0.1, 0.15) is 41.1 Å². The van der Waals surface area contributed by atoms with Crippen LogP contribution in [-0.4, -0.2) is 92.6 Å². The van der Waals surface area contributed by atoms with Crippen molar-refractivity contribution in [3.05, 3.63) is 22.3 Å². The van der Waals surface area contributed by atoms with E-state index in [0.29, 0.717) is 0 Å². The number of hydrogen-bond donors (Lipinski definition) is 4. The molecular formula is C23H30N6O9S2. The van der Waals surface area contributed by atoms with E-state index in [4.69, 9.17) is 20.0 Å². The molecule has 0 saturated carbocycles. The Bertz CT molecular complexity index is 1260. The maximum Gasteiger partial charge on any atom is 0.407 e. The molecule has 3 rings (SSSR count). The number of carboxylic acids is 1. The zero-order valence-electron chi connectivity index (χ0n) is 22.4. The minimum Gasteiger partial charge on any atom is -0.477 e. The molecule has 2 aliphatic heterocycles. The molecule has 218 valence electrons. The van der Waals surface area contributed by atoms with Crippen LogP contribution in [0, 0.1) is 0 Å². The zero-order chi connectivity index (χ0) is 29.8. The lowest BCUT2D eigenvalue weighted by molar-refractivity contribution is -0.150. The van der Waals surface area contributed by atoms with Crippen molar-refractivity contribution in [3.8, 4) is 0 Å². The normalized spacial score (nSPS) is 19.7.